The van der Waals surface area contributed by atoms with Crippen molar-refractivity contribution in [3.05, 3.63) is 46.7 Å². The number of para-hydroxylation sites is 2. The van der Waals surface area contributed by atoms with Gasteiger partial charge in [0.1, 0.15) is 0 Å². The molecule has 0 saturated heterocycles. The van der Waals surface area contributed by atoms with Gasteiger partial charge in [0.05, 0.1) is 24.5 Å². The van der Waals surface area contributed by atoms with Crippen LogP contribution in [0.3, 0.4) is 0 Å². The molecule has 0 radical (unpaired) electrons. The second kappa shape index (κ2) is 7.43. The van der Waals surface area contributed by atoms with Crippen molar-refractivity contribution in [2.24, 2.45) is 17.8 Å². The lowest BCUT2D eigenvalue weighted by Crippen LogP contribution is -2.54. The topological polar surface area (TPSA) is 53.2 Å². The van der Waals surface area contributed by atoms with Crippen molar-refractivity contribution in [2.75, 3.05) is 17.2 Å². The van der Waals surface area contributed by atoms with Crippen LogP contribution in [0.4, 0.5) is 11.4 Å². The number of rotatable bonds is 7. The molecule has 1 aromatic heterocycles. The Bertz CT molecular complexity index is 797. The number of anilines is 2. The highest BCUT2D eigenvalue weighted by atomic mass is 32.1. The quantitative estimate of drug-likeness (QED) is 0.628. The molecule has 2 aromatic rings. The fraction of sp³-hybridized carbons (Fsp3) is 0.522. The predicted molar refractivity (Wildman–Crippen MR) is 116 cm³/mol. The van der Waals surface area contributed by atoms with Crippen LogP contribution in [0.15, 0.2) is 41.8 Å². The summed E-state index contributed by atoms with van der Waals surface area (Å²) >= 11 is 1.67. The summed E-state index contributed by atoms with van der Waals surface area (Å²) < 4.78 is 0. The van der Waals surface area contributed by atoms with Crippen LogP contribution in [0.2, 0.25) is 0 Å². The highest BCUT2D eigenvalue weighted by Gasteiger charge is 2.51. The van der Waals surface area contributed by atoms with E-state index in [1.807, 2.05) is 23.6 Å². The van der Waals surface area contributed by atoms with Crippen molar-refractivity contribution in [1.82, 2.24) is 5.32 Å². The smallest absolute Gasteiger partial charge is 0.239 e. The molecule has 0 unspecified atom stereocenters. The van der Waals surface area contributed by atoms with Gasteiger partial charge in [0.25, 0.3) is 0 Å². The molecule has 5 heteroatoms. The third-order valence-electron chi connectivity index (χ3n) is 6.84. The van der Waals surface area contributed by atoms with Crippen molar-refractivity contribution in [3.63, 3.8) is 0 Å². The first kappa shape index (κ1) is 18.0. The first-order valence-corrected chi connectivity index (χ1v) is 11.5. The van der Waals surface area contributed by atoms with E-state index >= 15 is 0 Å². The van der Waals surface area contributed by atoms with Crippen molar-refractivity contribution in [2.45, 2.75) is 50.6 Å². The van der Waals surface area contributed by atoms with Gasteiger partial charge in [-0.15, -0.1) is 11.3 Å². The zero-order valence-electron chi connectivity index (χ0n) is 16.2. The molecule has 4 saturated carbocycles. The molecule has 4 aliphatic carbocycles. The molecule has 6 rings (SSSR count). The summed E-state index contributed by atoms with van der Waals surface area (Å²) in [7, 11) is 0. The van der Waals surface area contributed by atoms with Gasteiger partial charge in [-0.25, -0.2) is 0 Å². The van der Waals surface area contributed by atoms with E-state index in [1.54, 1.807) is 11.3 Å². The van der Waals surface area contributed by atoms with Gasteiger partial charge in [0, 0.05) is 10.4 Å². The lowest BCUT2D eigenvalue weighted by molar-refractivity contribution is -0.119. The minimum Gasteiger partial charge on any atom is -0.378 e. The molecule has 4 aliphatic rings. The maximum Gasteiger partial charge on any atom is 0.239 e. The summed E-state index contributed by atoms with van der Waals surface area (Å²) in [6.45, 7) is 0.899. The van der Waals surface area contributed by atoms with Gasteiger partial charge in [-0.3, -0.25) is 4.79 Å². The Hall–Kier alpha value is -2.01. The van der Waals surface area contributed by atoms with Crippen LogP contribution < -0.4 is 16.0 Å². The highest BCUT2D eigenvalue weighted by Crippen LogP contribution is 2.56. The maximum atomic E-state index is 12.2. The molecule has 1 heterocycles. The third kappa shape index (κ3) is 3.77. The molecule has 148 valence electrons. The summed E-state index contributed by atoms with van der Waals surface area (Å²) in [6, 6.07) is 12.4. The Morgan fingerprint density at radius 3 is 2.29 bits per heavy atom. The largest absolute Gasteiger partial charge is 0.378 e. The molecule has 0 spiro atoms. The molecule has 4 fully saturated rings. The van der Waals surface area contributed by atoms with Gasteiger partial charge >= 0.3 is 0 Å². The number of carbonyl (C=O) groups is 1. The van der Waals surface area contributed by atoms with E-state index in [0.717, 1.165) is 29.1 Å². The van der Waals surface area contributed by atoms with Gasteiger partial charge in [-0.05, 0) is 79.9 Å². The van der Waals surface area contributed by atoms with Crippen LogP contribution in [-0.4, -0.2) is 18.0 Å². The van der Waals surface area contributed by atoms with Crippen molar-refractivity contribution in [3.8, 4) is 0 Å². The minimum atomic E-state index is 0.0259. The standard InChI is InChI=1S/C23H29N3OS/c27-22(25-14-19-4-3-7-28-19)15-24-20-5-1-2-6-21(20)26-23-11-16-8-17(12-23)10-18(9-16)13-23/h1-7,16-18,24,26H,8-15H2,(H,25,27). The first-order valence-electron chi connectivity index (χ1n) is 10.6. The average molecular weight is 396 g/mol. The molecule has 28 heavy (non-hydrogen) atoms. The maximum absolute atomic E-state index is 12.2. The molecule has 0 atom stereocenters. The minimum absolute atomic E-state index is 0.0259. The number of carbonyl (C=O) groups excluding carboxylic acids is 1. The lowest BCUT2D eigenvalue weighted by atomic mass is 9.53. The Kier molecular flexibility index (Phi) is 4.79. The third-order valence-corrected chi connectivity index (χ3v) is 7.72. The Labute approximate surface area is 171 Å². The van der Waals surface area contributed by atoms with Gasteiger partial charge in [-0.1, -0.05) is 18.2 Å². The Morgan fingerprint density at radius 2 is 1.64 bits per heavy atom. The zero-order valence-corrected chi connectivity index (χ0v) is 17.1. The first-order chi connectivity index (χ1) is 13.7. The second-order valence-electron chi connectivity index (χ2n) is 9.08. The Balaban J connectivity index is 1.22. The van der Waals surface area contributed by atoms with Crippen LogP contribution in [-0.2, 0) is 11.3 Å². The van der Waals surface area contributed by atoms with Gasteiger partial charge in [-0.2, -0.15) is 0 Å². The Morgan fingerprint density at radius 1 is 0.964 bits per heavy atom. The summed E-state index contributed by atoms with van der Waals surface area (Å²) in [5.41, 5.74) is 2.45. The molecular formula is C23H29N3OS. The molecule has 1 amide bonds. The second-order valence-corrected chi connectivity index (χ2v) is 10.1. The van der Waals surface area contributed by atoms with Crippen molar-refractivity contribution < 1.29 is 4.79 Å². The highest BCUT2D eigenvalue weighted by molar-refractivity contribution is 7.09. The summed E-state index contributed by atoms with van der Waals surface area (Å²) in [6.07, 6.45) is 8.29. The van der Waals surface area contributed by atoms with E-state index in [0.29, 0.717) is 13.1 Å². The van der Waals surface area contributed by atoms with Crippen LogP contribution in [0.25, 0.3) is 0 Å². The molecular weight excluding hydrogens is 366 g/mol. The van der Waals surface area contributed by atoms with Gasteiger partial charge in [0.2, 0.25) is 5.91 Å². The van der Waals surface area contributed by atoms with Gasteiger partial charge in [0.15, 0.2) is 0 Å². The number of amides is 1. The van der Waals surface area contributed by atoms with E-state index in [-0.39, 0.29) is 11.4 Å². The SMILES string of the molecule is O=C(CNc1ccccc1NC12CC3CC(CC(C3)C1)C2)NCc1cccs1. The molecule has 0 aliphatic heterocycles. The van der Waals surface area contributed by atoms with Crippen LogP contribution in [0.1, 0.15) is 43.4 Å². The fourth-order valence-corrected chi connectivity index (χ4v) is 6.78. The van der Waals surface area contributed by atoms with Crippen LogP contribution in [0.5, 0.6) is 0 Å². The van der Waals surface area contributed by atoms with E-state index in [2.05, 4.69) is 34.1 Å². The number of hydrogen-bond donors (Lipinski definition) is 3. The molecule has 4 bridgehead atoms. The van der Waals surface area contributed by atoms with E-state index in [4.69, 9.17) is 0 Å². The molecule has 1 aromatic carbocycles. The predicted octanol–water partition coefficient (Wildman–Crippen LogP) is 4.86. The summed E-state index contributed by atoms with van der Waals surface area (Å²) in [5, 5.41) is 12.3. The normalized spacial score (nSPS) is 30.2. The van der Waals surface area contributed by atoms with E-state index < -0.39 is 0 Å². The summed E-state index contributed by atoms with van der Waals surface area (Å²) in [5.74, 6) is 2.78. The number of hydrogen-bond acceptors (Lipinski definition) is 4. The average Bonchev–Trinajstić information content (AvgIpc) is 3.18. The summed E-state index contributed by atoms with van der Waals surface area (Å²) in [4.78, 5) is 13.4. The number of thiophene rings is 1. The zero-order chi connectivity index (χ0) is 19.0. The van der Waals surface area contributed by atoms with E-state index in [9.17, 15) is 4.79 Å². The monoisotopic (exact) mass is 395 g/mol. The van der Waals surface area contributed by atoms with Crippen LogP contribution in [0, 0.1) is 17.8 Å². The van der Waals surface area contributed by atoms with E-state index in [1.165, 1.54) is 43.4 Å². The lowest BCUT2D eigenvalue weighted by Gasteiger charge is -2.57. The number of nitrogens with one attached hydrogen (secondary N) is 3. The van der Waals surface area contributed by atoms with Crippen molar-refractivity contribution in [1.29, 1.82) is 0 Å². The molecule has 3 N–H and O–H groups in total. The molecule has 4 nitrogen and oxygen atoms in total. The number of benzene rings is 1. The van der Waals surface area contributed by atoms with Gasteiger partial charge < -0.3 is 16.0 Å². The van der Waals surface area contributed by atoms with Crippen LogP contribution >= 0.6 is 11.3 Å². The fourth-order valence-electron chi connectivity index (χ4n) is 6.13. The van der Waals surface area contributed by atoms with Crippen molar-refractivity contribution >= 4 is 28.6 Å².